The zero-order chi connectivity index (χ0) is 20.9. The van der Waals surface area contributed by atoms with Crippen LogP contribution in [-0.2, 0) is 17.5 Å². The molecule has 3 aromatic rings. The lowest BCUT2D eigenvalue weighted by Crippen LogP contribution is -2.35. The van der Waals surface area contributed by atoms with E-state index in [9.17, 15) is 23.1 Å². The van der Waals surface area contributed by atoms with E-state index in [4.69, 9.17) is 0 Å². The van der Waals surface area contributed by atoms with Crippen LogP contribution in [0.3, 0.4) is 0 Å². The number of amides is 1. The third-order valence-electron chi connectivity index (χ3n) is 4.03. The molecule has 154 valence electrons. The number of nitrogens with one attached hydrogen (secondary N) is 1. The molecule has 0 unspecified atom stereocenters. The van der Waals surface area contributed by atoms with Crippen molar-refractivity contribution in [1.29, 1.82) is 0 Å². The Morgan fingerprint density at radius 3 is 2.76 bits per heavy atom. The molecule has 0 aliphatic carbocycles. The highest BCUT2D eigenvalue weighted by Gasteiger charge is 2.31. The number of nitrogens with zero attached hydrogens (tertiary/aromatic N) is 4. The maximum Gasteiger partial charge on any atom is 0.416 e. The topological polar surface area (TPSA) is 83.3 Å². The van der Waals surface area contributed by atoms with Crippen LogP contribution in [0.1, 0.15) is 11.1 Å². The van der Waals surface area contributed by atoms with Crippen LogP contribution < -0.4 is 5.32 Å². The lowest BCUT2D eigenvalue weighted by molar-refractivity contribution is -0.137. The van der Waals surface area contributed by atoms with Crippen LogP contribution in [0, 0.1) is 0 Å². The molecule has 0 aliphatic heterocycles. The second-order valence-corrected chi connectivity index (χ2v) is 6.96. The molecule has 29 heavy (non-hydrogen) atoms. The predicted octanol–water partition coefficient (Wildman–Crippen LogP) is 2.78. The molecule has 2 aromatic heterocycles. The Balaban J connectivity index is 1.80. The molecule has 0 radical (unpaired) electrons. The van der Waals surface area contributed by atoms with Crippen molar-refractivity contribution in [1.82, 2.24) is 19.7 Å². The molecule has 1 aromatic carbocycles. The van der Waals surface area contributed by atoms with Gasteiger partial charge >= 0.3 is 6.18 Å². The molecular weight excluding hydrogens is 407 g/mol. The minimum absolute atomic E-state index is 0.0326. The van der Waals surface area contributed by atoms with Gasteiger partial charge in [-0.3, -0.25) is 9.69 Å². The lowest BCUT2D eigenvalue weighted by atomic mass is 10.1. The van der Waals surface area contributed by atoms with Crippen molar-refractivity contribution in [2.24, 2.45) is 0 Å². The summed E-state index contributed by atoms with van der Waals surface area (Å²) in [5.41, 5.74) is 0.325. The smallest absolute Gasteiger partial charge is 0.395 e. The van der Waals surface area contributed by atoms with Gasteiger partial charge in [0.25, 0.3) is 0 Å². The Labute approximate surface area is 168 Å². The molecule has 0 saturated heterocycles. The highest BCUT2D eigenvalue weighted by molar-refractivity contribution is 7.07. The van der Waals surface area contributed by atoms with E-state index >= 15 is 0 Å². The fraction of sp³-hybridized carbons (Fsp3) is 0.278. The van der Waals surface area contributed by atoms with Gasteiger partial charge in [-0.2, -0.15) is 29.6 Å². The lowest BCUT2D eigenvalue weighted by Gasteiger charge is -2.21. The number of hydrogen-bond acceptors (Lipinski definition) is 6. The van der Waals surface area contributed by atoms with Gasteiger partial charge in [0.1, 0.15) is 12.7 Å². The molecule has 0 aliphatic rings. The van der Waals surface area contributed by atoms with Gasteiger partial charge in [0, 0.05) is 13.1 Å². The van der Waals surface area contributed by atoms with E-state index in [0.29, 0.717) is 6.54 Å². The van der Waals surface area contributed by atoms with Gasteiger partial charge < -0.3 is 10.4 Å². The first-order valence-electron chi connectivity index (χ1n) is 8.57. The maximum atomic E-state index is 13.1. The molecule has 1 amide bonds. The third-order valence-corrected chi connectivity index (χ3v) is 4.77. The van der Waals surface area contributed by atoms with Gasteiger partial charge in [-0.25, -0.2) is 9.67 Å². The van der Waals surface area contributed by atoms with Crippen LogP contribution in [0.2, 0.25) is 0 Å². The Kier molecular flexibility index (Phi) is 6.62. The quantitative estimate of drug-likeness (QED) is 0.580. The van der Waals surface area contributed by atoms with Gasteiger partial charge in [-0.15, -0.1) is 0 Å². The van der Waals surface area contributed by atoms with Crippen molar-refractivity contribution in [3.05, 3.63) is 58.8 Å². The molecule has 7 nitrogen and oxygen atoms in total. The second kappa shape index (κ2) is 9.16. The van der Waals surface area contributed by atoms with E-state index in [0.717, 1.165) is 17.7 Å². The summed E-state index contributed by atoms with van der Waals surface area (Å²) in [7, 11) is 0. The molecule has 3 rings (SSSR count). The summed E-state index contributed by atoms with van der Waals surface area (Å²) >= 11 is 1.51. The van der Waals surface area contributed by atoms with Gasteiger partial charge in [-0.1, -0.05) is 0 Å². The number of benzene rings is 1. The average Bonchev–Trinajstić information content (AvgIpc) is 3.35. The maximum absolute atomic E-state index is 13.1. The number of carbonyl (C=O) groups is 1. The number of alkyl halides is 3. The minimum atomic E-state index is -4.55. The van der Waals surface area contributed by atoms with Gasteiger partial charge in [0.05, 0.1) is 30.1 Å². The van der Waals surface area contributed by atoms with E-state index in [1.165, 1.54) is 34.7 Å². The first-order valence-corrected chi connectivity index (χ1v) is 9.51. The van der Waals surface area contributed by atoms with Crippen LogP contribution in [-0.4, -0.2) is 50.4 Å². The molecule has 0 fully saturated rings. The molecule has 0 spiro atoms. The number of halogens is 3. The zero-order valence-corrected chi connectivity index (χ0v) is 16.0. The number of hydrogen-bond donors (Lipinski definition) is 2. The van der Waals surface area contributed by atoms with Crippen LogP contribution in [0.5, 0.6) is 0 Å². The van der Waals surface area contributed by atoms with Crippen LogP contribution in [0.4, 0.5) is 18.9 Å². The zero-order valence-electron chi connectivity index (χ0n) is 15.1. The number of carbonyl (C=O) groups excluding carboxylic acids is 1. The number of anilines is 1. The van der Waals surface area contributed by atoms with Gasteiger partial charge in [-0.05, 0) is 40.6 Å². The number of rotatable bonds is 8. The molecule has 0 saturated carbocycles. The minimum Gasteiger partial charge on any atom is -0.395 e. The van der Waals surface area contributed by atoms with Crippen molar-refractivity contribution in [3.8, 4) is 5.69 Å². The fourth-order valence-electron chi connectivity index (χ4n) is 2.73. The van der Waals surface area contributed by atoms with E-state index < -0.39 is 17.6 Å². The van der Waals surface area contributed by atoms with Crippen molar-refractivity contribution < 1.29 is 23.1 Å². The summed E-state index contributed by atoms with van der Waals surface area (Å²) in [6.45, 7) is 0.451. The number of aromatic nitrogens is 3. The van der Waals surface area contributed by atoms with E-state index in [-0.39, 0.29) is 31.1 Å². The molecule has 2 heterocycles. The Bertz CT molecular complexity index is 930. The standard InChI is InChI=1S/C18H18F3N5O2S/c19-18(20,21)14-1-2-16(26-12-22-11-23-26)15(7-14)24-17(28)9-25(4-5-27)8-13-3-6-29-10-13/h1-3,6-7,10-12,27H,4-5,8-9H2,(H,24,28). The van der Waals surface area contributed by atoms with Crippen molar-refractivity contribution in [2.45, 2.75) is 12.7 Å². The number of aliphatic hydroxyl groups is 1. The average molecular weight is 425 g/mol. The molecule has 11 heteroatoms. The van der Waals surface area contributed by atoms with E-state index in [1.54, 1.807) is 4.90 Å². The van der Waals surface area contributed by atoms with Gasteiger partial charge in [0.15, 0.2) is 0 Å². The summed E-state index contributed by atoms with van der Waals surface area (Å²) in [6, 6.07) is 4.91. The first-order chi connectivity index (χ1) is 13.9. The Hall–Kier alpha value is -2.76. The van der Waals surface area contributed by atoms with Crippen LogP contribution in [0.25, 0.3) is 5.69 Å². The van der Waals surface area contributed by atoms with Crippen LogP contribution in [0.15, 0.2) is 47.7 Å². The summed E-state index contributed by atoms with van der Waals surface area (Å²) in [6.07, 6.45) is -1.98. The summed E-state index contributed by atoms with van der Waals surface area (Å²) < 4.78 is 40.6. The molecule has 0 atom stereocenters. The molecule has 0 bridgehead atoms. The van der Waals surface area contributed by atoms with Gasteiger partial charge in [0.2, 0.25) is 5.91 Å². The SMILES string of the molecule is O=C(CN(CCO)Cc1ccsc1)Nc1cc(C(F)(F)F)ccc1-n1cncn1. The summed E-state index contributed by atoms with van der Waals surface area (Å²) in [5.74, 6) is -0.505. The summed E-state index contributed by atoms with van der Waals surface area (Å²) in [5, 5.41) is 19.5. The largest absolute Gasteiger partial charge is 0.416 e. The van der Waals surface area contributed by atoms with E-state index in [2.05, 4.69) is 15.4 Å². The molecular formula is C18H18F3N5O2S. The highest BCUT2D eigenvalue weighted by Crippen LogP contribution is 2.33. The van der Waals surface area contributed by atoms with Crippen LogP contribution >= 0.6 is 11.3 Å². The Morgan fingerprint density at radius 2 is 2.14 bits per heavy atom. The van der Waals surface area contributed by atoms with Crippen molar-refractivity contribution in [2.75, 3.05) is 25.0 Å². The highest BCUT2D eigenvalue weighted by atomic mass is 32.1. The normalized spacial score (nSPS) is 11.8. The molecule has 2 N–H and O–H groups in total. The van der Waals surface area contributed by atoms with Crippen molar-refractivity contribution in [3.63, 3.8) is 0 Å². The second-order valence-electron chi connectivity index (χ2n) is 6.18. The van der Waals surface area contributed by atoms with E-state index in [1.807, 2.05) is 16.8 Å². The third kappa shape index (κ3) is 5.62. The predicted molar refractivity (Wildman–Crippen MR) is 102 cm³/mol. The monoisotopic (exact) mass is 425 g/mol. The fourth-order valence-corrected chi connectivity index (χ4v) is 3.39. The number of aliphatic hydroxyl groups excluding tert-OH is 1. The summed E-state index contributed by atoms with van der Waals surface area (Å²) in [4.78, 5) is 18.0. The number of thiophene rings is 1. The first kappa shape index (κ1) is 21.0. The Morgan fingerprint density at radius 1 is 1.31 bits per heavy atom. The van der Waals surface area contributed by atoms with Crippen molar-refractivity contribution >= 4 is 22.9 Å².